The Labute approximate surface area is 267 Å². The molecular formula is C42H29N3O. The van der Waals surface area contributed by atoms with Crippen LogP contribution in [-0.4, -0.2) is 15.0 Å². The third kappa shape index (κ3) is 4.18. The number of aromatic nitrogens is 3. The summed E-state index contributed by atoms with van der Waals surface area (Å²) in [6.07, 6.45) is 0. The number of nitrogens with zero attached hydrogens (tertiary/aromatic N) is 3. The van der Waals surface area contributed by atoms with Gasteiger partial charge in [0.15, 0.2) is 17.5 Å². The fourth-order valence-electron chi connectivity index (χ4n) is 6.88. The number of furan rings is 1. The van der Waals surface area contributed by atoms with Gasteiger partial charge in [0, 0.05) is 32.9 Å². The van der Waals surface area contributed by atoms with E-state index in [0.717, 1.165) is 38.8 Å². The lowest BCUT2D eigenvalue weighted by atomic mass is 9.81. The van der Waals surface area contributed by atoms with Gasteiger partial charge in [0.1, 0.15) is 11.2 Å². The molecule has 1 aliphatic carbocycles. The van der Waals surface area contributed by atoms with Gasteiger partial charge in [-0.25, -0.2) is 15.0 Å². The van der Waals surface area contributed by atoms with E-state index in [-0.39, 0.29) is 5.41 Å². The van der Waals surface area contributed by atoms with Crippen LogP contribution >= 0.6 is 0 Å². The normalized spacial score (nSPS) is 13.2. The SMILES string of the molecule is CC1(C)c2cc(-c3ccc(-c4nc(-c5ccccc5)nc(-c5ccccc5)n4)cc3)ccc2-c2cc3oc4ccccc4c3cc21. The van der Waals surface area contributed by atoms with Gasteiger partial charge >= 0.3 is 0 Å². The Hall–Kier alpha value is -5.87. The van der Waals surface area contributed by atoms with Gasteiger partial charge in [-0.3, -0.25) is 0 Å². The van der Waals surface area contributed by atoms with Crippen molar-refractivity contribution < 1.29 is 4.42 Å². The molecule has 6 aromatic carbocycles. The van der Waals surface area contributed by atoms with Gasteiger partial charge in [-0.2, -0.15) is 0 Å². The van der Waals surface area contributed by atoms with Crippen molar-refractivity contribution in [3.05, 3.63) is 151 Å². The molecule has 0 saturated carbocycles. The average molecular weight is 592 g/mol. The second-order valence-electron chi connectivity index (χ2n) is 12.5. The number of hydrogen-bond acceptors (Lipinski definition) is 4. The van der Waals surface area contributed by atoms with Crippen LogP contribution < -0.4 is 0 Å². The van der Waals surface area contributed by atoms with Crippen molar-refractivity contribution in [3.8, 4) is 56.4 Å². The molecule has 0 saturated heterocycles. The summed E-state index contributed by atoms with van der Waals surface area (Å²) in [4.78, 5) is 14.6. The zero-order valence-corrected chi connectivity index (χ0v) is 25.5. The van der Waals surface area contributed by atoms with E-state index >= 15 is 0 Å². The van der Waals surface area contributed by atoms with Crippen LogP contribution in [0.1, 0.15) is 25.0 Å². The lowest BCUT2D eigenvalue weighted by Crippen LogP contribution is -2.15. The van der Waals surface area contributed by atoms with Gasteiger partial charge in [-0.1, -0.05) is 129 Å². The van der Waals surface area contributed by atoms with Gasteiger partial charge in [0.2, 0.25) is 0 Å². The van der Waals surface area contributed by atoms with Crippen LogP contribution in [0.15, 0.2) is 144 Å². The molecule has 0 bridgehead atoms. The Kier molecular flexibility index (Phi) is 5.81. The van der Waals surface area contributed by atoms with Crippen LogP contribution in [0.3, 0.4) is 0 Å². The monoisotopic (exact) mass is 591 g/mol. The smallest absolute Gasteiger partial charge is 0.164 e. The Morgan fingerprint density at radius 2 is 0.935 bits per heavy atom. The Bertz CT molecular complexity index is 2370. The summed E-state index contributed by atoms with van der Waals surface area (Å²) >= 11 is 0. The second-order valence-corrected chi connectivity index (χ2v) is 12.5. The van der Waals surface area contributed by atoms with Gasteiger partial charge in [-0.05, 0) is 57.6 Å². The quantitative estimate of drug-likeness (QED) is 0.204. The minimum Gasteiger partial charge on any atom is -0.456 e. The minimum atomic E-state index is -0.139. The molecular weight excluding hydrogens is 562 g/mol. The molecule has 46 heavy (non-hydrogen) atoms. The molecule has 1 aliphatic rings. The maximum Gasteiger partial charge on any atom is 0.164 e. The van der Waals surface area contributed by atoms with Crippen molar-refractivity contribution in [3.63, 3.8) is 0 Å². The molecule has 0 aliphatic heterocycles. The molecule has 0 amide bonds. The summed E-state index contributed by atoms with van der Waals surface area (Å²) < 4.78 is 6.25. The Balaban J connectivity index is 1.09. The predicted molar refractivity (Wildman–Crippen MR) is 186 cm³/mol. The first-order chi connectivity index (χ1) is 22.5. The van der Waals surface area contributed by atoms with E-state index in [4.69, 9.17) is 19.4 Å². The fourth-order valence-corrected chi connectivity index (χ4v) is 6.88. The van der Waals surface area contributed by atoms with Crippen LogP contribution in [0.4, 0.5) is 0 Å². The lowest BCUT2D eigenvalue weighted by molar-refractivity contribution is 0.658. The summed E-state index contributed by atoms with van der Waals surface area (Å²) in [5.41, 5.74) is 12.1. The third-order valence-electron chi connectivity index (χ3n) is 9.35. The first-order valence-corrected chi connectivity index (χ1v) is 15.6. The molecule has 0 spiro atoms. The van der Waals surface area contributed by atoms with Crippen LogP contribution in [0.2, 0.25) is 0 Å². The topological polar surface area (TPSA) is 51.8 Å². The standard InChI is InChI=1S/C42H29N3O/c1-42(2)35-23-30(21-22-31(35)33-25-38-34(24-36(33)42)32-15-9-10-16-37(32)46-38)26-17-19-29(20-18-26)41-44-39(27-11-5-3-6-12-27)43-40(45-41)28-13-7-4-8-14-28/h3-25H,1-2H3. The van der Waals surface area contributed by atoms with Crippen molar-refractivity contribution in [1.29, 1.82) is 0 Å². The molecule has 4 heteroatoms. The first kappa shape index (κ1) is 26.5. The number of para-hydroxylation sites is 1. The van der Waals surface area contributed by atoms with Crippen LogP contribution in [0, 0.1) is 0 Å². The van der Waals surface area contributed by atoms with E-state index in [9.17, 15) is 0 Å². The molecule has 0 atom stereocenters. The molecule has 9 rings (SSSR count). The molecule has 0 fully saturated rings. The molecule has 2 heterocycles. The third-order valence-corrected chi connectivity index (χ3v) is 9.35. The van der Waals surface area contributed by atoms with Crippen molar-refractivity contribution in [1.82, 2.24) is 15.0 Å². The molecule has 218 valence electrons. The van der Waals surface area contributed by atoms with Crippen molar-refractivity contribution in [2.45, 2.75) is 19.3 Å². The largest absolute Gasteiger partial charge is 0.456 e. The predicted octanol–water partition coefficient (Wildman–Crippen LogP) is 10.7. The van der Waals surface area contributed by atoms with E-state index in [1.54, 1.807) is 0 Å². The summed E-state index contributed by atoms with van der Waals surface area (Å²) in [7, 11) is 0. The maximum absolute atomic E-state index is 6.25. The molecule has 4 nitrogen and oxygen atoms in total. The Morgan fingerprint density at radius 3 is 1.59 bits per heavy atom. The highest BCUT2D eigenvalue weighted by atomic mass is 16.3. The van der Waals surface area contributed by atoms with E-state index < -0.39 is 0 Å². The van der Waals surface area contributed by atoms with Crippen molar-refractivity contribution in [2.75, 3.05) is 0 Å². The van der Waals surface area contributed by atoms with E-state index in [1.165, 1.54) is 33.2 Å². The lowest BCUT2D eigenvalue weighted by Gasteiger charge is -2.22. The zero-order chi connectivity index (χ0) is 30.8. The summed E-state index contributed by atoms with van der Waals surface area (Å²) in [5.74, 6) is 1.98. The molecule has 8 aromatic rings. The average Bonchev–Trinajstić information content (AvgIpc) is 3.59. The highest BCUT2D eigenvalue weighted by Gasteiger charge is 2.36. The zero-order valence-electron chi connectivity index (χ0n) is 25.5. The van der Waals surface area contributed by atoms with Gasteiger partial charge < -0.3 is 4.42 Å². The molecule has 2 aromatic heterocycles. The fraction of sp³-hybridized carbons (Fsp3) is 0.0714. The van der Waals surface area contributed by atoms with Gasteiger partial charge in [0.05, 0.1) is 0 Å². The highest BCUT2D eigenvalue weighted by Crippen LogP contribution is 2.51. The molecule has 0 N–H and O–H groups in total. The van der Waals surface area contributed by atoms with Crippen LogP contribution in [-0.2, 0) is 5.41 Å². The van der Waals surface area contributed by atoms with Gasteiger partial charge in [-0.15, -0.1) is 0 Å². The van der Waals surface area contributed by atoms with Crippen LogP contribution in [0.5, 0.6) is 0 Å². The summed E-state index contributed by atoms with van der Waals surface area (Å²) in [6, 6.07) is 48.4. The van der Waals surface area contributed by atoms with E-state index in [2.05, 4.69) is 80.6 Å². The highest BCUT2D eigenvalue weighted by molar-refractivity contribution is 6.07. The number of benzene rings is 6. The first-order valence-electron chi connectivity index (χ1n) is 15.6. The minimum absolute atomic E-state index is 0.139. The number of fused-ring (bicyclic) bond motifs is 6. The van der Waals surface area contributed by atoms with Crippen molar-refractivity contribution in [2.24, 2.45) is 0 Å². The van der Waals surface area contributed by atoms with Gasteiger partial charge in [0.25, 0.3) is 0 Å². The van der Waals surface area contributed by atoms with E-state index in [0.29, 0.717) is 17.5 Å². The summed E-state index contributed by atoms with van der Waals surface area (Å²) in [5, 5.41) is 2.34. The van der Waals surface area contributed by atoms with E-state index in [1.807, 2.05) is 72.8 Å². The number of hydrogen-bond donors (Lipinski definition) is 0. The number of rotatable bonds is 4. The Morgan fingerprint density at radius 1 is 0.413 bits per heavy atom. The van der Waals surface area contributed by atoms with Crippen molar-refractivity contribution >= 4 is 21.9 Å². The second kappa shape index (κ2) is 10.1. The maximum atomic E-state index is 6.25. The molecule has 0 unspecified atom stereocenters. The van der Waals surface area contributed by atoms with Crippen LogP contribution in [0.25, 0.3) is 78.4 Å². The molecule has 0 radical (unpaired) electrons. The summed E-state index contributed by atoms with van der Waals surface area (Å²) in [6.45, 7) is 4.65.